The van der Waals surface area contributed by atoms with Crippen LogP contribution in [-0.2, 0) is 23.9 Å². The van der Waals surface area contributed by atoms with Crippen LogP contribution in [0.4, 0.5) is 0 Å². The van der Waals surface area contributed by atoms with Gasteiger partial charge in [-0.2, -0.15) is 0 Å². The van der Waals surface area contributed by atoms with Crippen LogP contribution in [0.15, 0.2) is 23.3 Å². The molecule has 5 nitrogen and oxygen atoms in total. The molecule has 0 rings (SSSR count). The molecule has 0 bridgehead atoms. The molecule has 0 saturated carbocycles. The first-order chi connectivity index (χ1) is 7.42. The molecule has 0 fully saturated rings. The molecule has 5 heteroatoms. The van der Waals surface area contributed by atoms with Gasteiger partial charge in [0.05, 0.1) is 14.2 Å². The van der Waals surface area contributed by atoms with Crippen LogP contribution in [0.5, 0.6) is 0 Å². The lowest BCUT2D eigenvalue weighted by atomic mass is 10.2. The largest absolute Gasteiger partial charge is 0.466 e. The van der Waals surface area contributed by atoms with E-state index >= 15 is 0 Å². The number of esters is 2. The Morgan fingerprint density at radius 1 is 0.812 bits per heavy atom. The lowest BCUT2D eigenvalue weighted by Gasteiger charge is -1.98. The second kappa shape index (κ2) is 6.55. The van der Waals surface area contributed by atoms with E-state index in [1.807, 2.05) is 0 Å². The Morgan fingerprint density at radius 3 is 1.38 bits per heavy atom. The molecular formula is C11H14O5. The Labute approximate surface area is 93.7 Å². The Hall–Kier alpha value is -1.91. The predicted octanol–water partition coefficient (Wildman–Crippen LogP) is 0.794. The fraction of sp³-hybridized carbons (Fsp3) is 0.364. The maximum atomic E-state index is 11.3. The SMILES string of the molecule is COC(=O)C(C)=CC(=O)C=C(C)C(=O)OC. The van der Waals surface area contributed by atoms with Crippen LogP contribution in [0.2, 0.25) is 0 Å². The summed E-state index contributed by atoms with van der Waals surface area (Å²) in [4.78, 5) is 33.3. The Bertz CT molecular complexity index is 329. The van der Waals surface area contributed by atoms with Crippen LogP contribution in [0.3, 0.4) is 0 Å². The summed E-state index contributed by atoms with van der Waals surface area (Å²) in [6.45, 7) is 2.90. The topological polar surface area (TPSA) is 69.7 Å². The van der Waals surface area contributed by atoms with Crippen LogP contribution in [0.1, 0.15) is 13.8 Å². The van der Waals surface area contributed by atoms with Crippen molar-refractivity contribution in [3.8, 4) is 0 Å². The highest BCUT2D eigenvalue weighted by Gasteiger charge is 2.07. The van der Waals surface area contributed by atoms with Gasteiger partial charge >= 0.3 is 11.9 Å². The van der Waals surface area contributed by atoms with Crippen molar-refractivity contribution in [1.82, 2.24) is 0 Å². The Balaban J connectivity index is 4.73. The summed E-state index contributed by atoms with van der Waals surface area (Å²) in [6, 6.07) is 0. The molecule has 0 spiro atoms. The third-order valence-corrected chi connectivity index (χ3v) is 1.73. The fourth-order valence-corrected chi connectivity index (χ4v) is 0.908. The number of ketones is 1. The molecule has 0 unspecified atom stereocenters. The quantitative estimate of drug-likeness (QED) is 0.523. The van der Waals surface area contributed by atoms with Gasteiger partial charge in [-0.15, -0.1) is 0 Å². The average Bonchev–Trinajstić information content (AvgIpc) is 2.26. The van der Waals surface area contributed by atoms with E-state index in [4.69, 9.17) is 0 Å². The van der Waals surface area contributed by atoms with Gasteiger partial charge in [0.2, 0.25) is 0 Å². The van der Waals surface area contributed by atoms with Crippen molar-refractivity contribution in [3.05, 3.63) is 23.3 Å². The third kappa shape index (κ3) is 4.54. The van der Waals surface area contributed by atoms with Gasteiger partial charge in [-0.1, -0.05) is 0 Å². The predicted molar refractivity (Wildman–Crippen MR) is 56.6 cm³/mol. The summed E-state index contributed by atoms with van der Waals surface area (Å²) in [7, 11) is 2.44. The second-order valence-corrected chi connectivity index (χ2v) is 3.04. The van der Waals surface area contributed by atoms with Gasteiger partial charge in [0.25, 0.3) is 0 Å². The standard InChI is InChI=1S/C11H14O5/c1-7(10(13)15-3)5-9(12)6-8(2)11(14)16-4/h5-6H,1-4H3. The maximum Gasteiger partial charge on any atom is 0.333 e. The molecule has 0 aromatic carbocycles. The van der Waals surface area contributed by atoms with Gasteiger partial charge in [-0.3, -0.25) is 4.79 Å². The first kappa shape index (κ1) is 14.1. The highest BCUT2D eigenvalue weighted by Crippen LogP contribution is 2.00. The molecule has 0 radical (unpaired) electrons. The maximum absolute atomic E-state index is 11.3. The minimum atomic E-state index is -0.586. The van der Waals surface area contributed by atoms with Crippen molar-refractivity contribution < 1.29 is 23.9 Å². The van der Waals surface area contributed by atoms with E-state index < -0.39 is 17.7 Å². The first-order valence-electron chi connectivity index (χ1n) is 4.49. The fourth-order valence-electron chi connectivity index (χ4n) is 0.908. The molecule has 0 aromatic heterocycles. The summed E-state index contributed by atoms with van der Waals surface area (Å²) in [5, 5.41) is 0. The lowest BCUT2D eigenvalue weighted by molar-refractivity contribution is -0.136. The third-order valence-electron chi connectivity index (χ3n) is 1.73. The Kier molecular flexibility index (Phi) is 5.77. The van der Waals surface area contributed by atoms with Crippen molar-refractivity contribution in [2.75, 3.05) is 14.2 Å². The molecule has 16 heavy (non-hydrogen) atoms. The number of allylic oxidation sites excluding steroid dienone is 2. The Morgan fingerprint density at radius 2 is 1.12 bits per heavy atom. The normalized spacial score (nSPS) is 12.0. The zero-order chi connectivity index (χ0) is 12.7. The molecule has 0 aliphatic rings. The van der Waals surface area contributed by atoms with Crippen molar-refractivity contribution in [3.63, 3.8) is 0 Å². The highest BCUT2D eigenvalue weighted by molar-refractivity contribution is 6.07. The van der Waals surface area contributed by atoms with Crippen LogP contribution >= 0.6 is 0 Å². The molecule has 88 valence electrons. The number of hydrogen-bond acceptors (Lipinski definition) is 5. The summed E-state index contributed by atoms with van der Waals surface area (Å²) >= 11 is 0. The van der Waals surface area contributed by atoms with E-state index in [-0.39, 0.29) is 11.1 Å². The molecule has 0 N–H and O–H groups in total. The summed E-state index contributed by atoms with van der Waals surface area (Å²) < 4.78 is 8.83. The van der Waals surface area contributed by atoms with Gasteiger partial charge in [0, 0.05) is 11.1 Å². The zero-order valence-corrected chi connectivity index (χ0v) is 9.70. The van der Waals surface area contributed by atoms with E-state index in [0.29, 0.717) is 0 Å². The molecule has 0 saturated heterocycles. The van der Waals surface area contributed by atoms with E-state index in [0.717, 1.165) is 12.2 Å². The smallest absolute Gasteiger partial charge is 0.333 e. The minimum Gasteiger partial charge on any atom is -0.466 e. The van der Waals surface area contributed by atoms with Crippen molar-refractivity contribution in [1.29, 1.82) is 0 Å². The van der Waals surface area contributed by atoms with E-state index in [2.05, 4.69) is 9.47 Å². The number of carbonyl (C=O) groups excluding carboxylic acids is 3. The zero-order valence-electron chi connectivity index (χ0n) is 9.70. The molecule has 0 heterocycles. The van der Waals surface area contributed by atoms with Crippen LogP contribution < -0.4 is 0 Å². The molecule has 0 aliphatic heterocycles. The minimum absolute atomic E-state index is 0.168. The monoisotopic (exact) mass is 226 g/mol. The van der Waals surface area contributed by atoms with Crippen LogP contribution in [0.25, 0.3) is 0 Å². The summed E-state index contributed by atoms with van der Waals surface area (Å²) in [6.07, 6.45) is 2.19. The van der Waals surface area contributed by atoms with E-state index in [9.17, 15) is 14.4 Å². The number of ether oxygens (including phenoxy) is 2. The van der Waals surface area contributed by atoms with E-state index in [1.165, 1.54) is 28.1 Å². The van der Waals surface area contributed by atoms with Crippen molar-refractivity contribution >= 4 is 17.7 Å². The van der Waals surface area contributed by atoms with Gasteiger partial charge in [0.1, 0.15) is 0 Å². The highest BCUT2D eigenvalue weighted by atomic mass is 16.5. The molecule has 0 atom stereocenters. The van der Waals surface area contributed by atoms with Crippen LogP contribution in [0, 0.1) is 0 Å². The molecule has 0 aliphatic carbocycles. The number of carbonyl (C=O) groups is 3. The van der Waals surface area contributed by atoms with Crippen LogP contribution in [-0.4, -0.2) is 31.9 Å². The van der Waals surface area contributed by atoms with E-state index in [1.54, 1.807) is 0 Å². The number of rotatable bonds is 4. The lowest BCUT2D eigenvalue weighted by Crippen LogP contribution is -2.06. The van der Waals surface area contributed by atoms with Gasteiger partial charge < -0.3 is 9.47 Å². The number of methoxy groups -OCH3 is 2. The van der Waals surface area contributed by atoms with Gasteiger partial charge in [0.15, 0.2) is 5.78 Å². The summed E-state index contributed by atoms with van der Waals surface area (Å²) in [5.74, 6) is -1.64. The first-order valence-corrected chi connectivity index (χ1v) is 4.49. The summed E-state index contributed by atoms with van der Waals surface area (Å²) in [5.41, 5.74) is 0.336. The molecule has 0 aromatic rings. The van der Waals surface area contributed by atoms with Gasteiger partial charge in [-0.05, 0) is 26.0 Å². The van der Waals surface area contributed by atoms with Gasteiger partial charge in [-0.25, -0.2) is 9.59 Å². The van der Waals surface area contributed by atoms with Crippen molar-refractivity contribution in [2.45, 2.75) is 13.8 Å². The molecular weight excluding hydrogens is 212 g/mol. The van der Waals surface area contributed by atoms with Crippen molar-refractivity contribution in [2.24, 2.45) is 0 Å². The number of hydrogen-bond donors (Lipinski definition) is 0. The average molecular weight is 226 g/mol. The second-order valence-electron chi connectivity index (χ2n) is 3.04. The molecule has 0 amide bonds.